The smallest absolute Gasteiger partial charge is 0.387 e. The number of aromatic hydroxyl groups is 1. The summed E-state index contributed by atoms with van der Waals surface area (Å²) in [6.45, 7) is -1.69. The molecule has 1 unspecified atom stereocenters. The van der Waals surface area contributed by atoms with Gasteiger partial charge in [-0.05, 0) is 97.8 Å². The number of pyridine rings is 3. The molecule has 0 aliphatic carbocycles. The van der Waals surface area contributed by atoms with Gasteiger partial charge in [0.2, 0.25) is 6.36 Å². The van der Waals surface area contributed by atoms with Crippen molar-refractivity contribution in [3.8, 4) is 17.2 Å². The van der Waals surface area contributed by atoms with Gasteiger partial charge >= 0.3 is 6.61 Å². The number of aromatic nitrogens is 3. The third-order valence-corrected chi connectivity index (χ3v) is 6.33. The van der Waals surface area contributed by atoms with E-state index in [0.29, 0.717) is 22.8 Å². The van der Waals surface area contributed by atoms with E-state index in [1.54, 1.807) is 6.07 Å². The van der Waals surface area contributed by atoms with E-state index in [1.807, 2.05) is 0 Å². The van der Waals surface area contributed by atoms with Crippen molar-refractivity contribution in [3.05, 3.63) is 56.4 Å². The molecule has 0 aliphatic rings. The van der Waals surface area contributed by atoms with Gasteiger partial charge in [-0.15, -0.1) is 0 Å². The molecule has 0 amide bonds. The number of nitrogens with two attached hydrogens (primary N) is 1. The molecule has 0 bridgehead atoms. The number of rotatable bonds is 4. The fourth-order valence-electron chi connectivity index (χ4n) is 1.86. The van der Waals surface area contributed by atoms with E-state index >= 15 is 0 Å². The molecule has 0 saturated heterocycles. The van der Waals surface area contributed by atoms with Gasteiger partial charge in [0.15, 0.2) is 32.7 Å². The molecular weight excluding hydrogens is 883 g/mol. The molecule has 198 valence electrons. The Balaban J connectivity index is 0.000000273. The minimum absolute atomic E-state index is 0.0372. The van der Waals surface area contributed by atoms with Gasteiger partial charge in [-0.2, -0.15) is 8.78 Å². The Morgan fingerprint density at radius 3 is 1.64 bits per heavy atom. The zero-order valence-corrected chi connectivity index (χ0v) is 27.4. The molecule has 3 aromatic rings. The summed E-state index contributed by atoms with van der Waals surface area (Å²) in [7, 11) is 0. The fourth-order valence-corrected chi connectivity index (χ4v) is 5.82. The largest absolute Gasteiger partial charge is 0.504 e. The third-order valence-electron chi connectivity index (χ3n) is 3.14. The lowest BCUT2D eigenvalue weighted by molar-refractivity contribution is -0.0505. The van der Waals surface area contributed by atoms with Crippen LogP contribution in [0, 0.1) is 0 Å². The zero-order valence-electron chi connectivity index (χ0n) is 17.2. The van der Waals surface area contributed by atoms with E-state index in [2.05, 4.69) is 99.3 Å². The lowest BCUT2D eigenvalue weighted by Gasteiger charge is -2.10. The van der Waals surface area contributed by atoms with Crippen LogP contribution in [0.15, 0.2) is 41.0 Å². The van der Waals surface area contributed by atoms with Crippen LogP contribution in [0.3, 0.4) is 0 Å². The van der Waals surface area contributed by atoms with Crippen molar-refractivity contribution in [1.29, 1.82) is 0 Å². The summed E-state index contributed by atoms with van der Waals surface area (Å²) in [4.78, 5) is 11.2. The quantitative estimate of drug-likeness (QED) is 0.252. The summed E-state index contributed by atoms with van der Waals surface area (Å²) in [5, 5.41) is 9.07. The maximum atomic E-state index is 12.5. The average Bonchev–Trinajstić information content (AvgIpc) is 2.72. The molecule has 0 aromatic carbocycles. The SMILES string of the molecule is CC(F)Oc1c(N)cc(Br)nc1Cl.FC(F)Oc1c(Br)cc(Br)nc1Cl.Oc1c(Br)cc(Br)nc1Cl. The predicted octanol–water partition coefficient (Wildman–Crippen LogP) is 9.60. The Morgan fingerprint density at radius 1 is 0.778 bits per heavy atom. The van der Waals surface area contributed by atoms with Crippen LogP contribution in [-0.2, 0) is 0 Å². The van der Waals surface area contributed by atoms with Crippen molar-refractivity contribution in [1.82, 2.24) is 15.0 Å². The van der Waals surface area contributed by atoms with Gasteiger partial charge < -0.3 is 20.3 Å². The summed E-state index contributed by atoms with van der Waals surface area (Å²) < 4.78 is 47.4. The molecule has 3 N–H and O–H groups in total. The minimum atomic E-state index is -2.92. The first-order valence-corrected chi connectivity index (χ1v) is 13.8. The standard InChI is InChI=1S/C7H7BrClFN2O.C6H2Br2ClF2NO.C5H2Br2ClNO/c1-3(10)13-6-4(11)2-5(8)12-7(6)9;7-2-1-3(8)12-5(9)4(2)13-6(10)11;6-2-1-3(7)9-5(8)4(2)10/h2-3H,1H3,(H2,11,12);1,6H;1,10H. The number of hydrogen-bond donors (Lipinski definition) is 2. The molecule has 36 heavy (non-hydrogen) atoms. The van der Waals surface area contributed by atoms with Crippen LogP contribution in [-0.4, -0.2) is 33.0 Å². The average molecular weight is 894 g/mol. The number of alkyl halides is 3. The summed E-state index contributed by atoms with van der Waals surface area (Å²) in [5.41, 5.74) is 5.77. The first-order valence-electron chi connectivity index (χ1n) is 8.71. The second-order valence-electron chi connectivity index (χ2n) is 5.81. The van der Waals surface area contributed by atoms with E-state index in [0.717, 1.165) is 0 Å². The highest BCUT2D eigenvalue weighted by molar-refractivity contribution is 9.11. The monoisotopic (exact) mass is 888 g/mol. The third kappa shape index (κ3) is 11.6. The molecule has 0 saturated carbocycles. The highest BCUT2D eigenvalue weighted by Crippen LogP contribution is 2.35. The first-order chi connectivity index (χ1) is 16.6. The molecule has 0 spiro atoms. The summed E-state index contributed by atoms with van der Waals surface area (Å²) in [6, 6.07) is 4.56. The van der Waals surface area contributed by atoms with E-state index in [-0.39, 0.29) is 38.4 Å². The number of nitrogens with zero attached hydrogens (tertiary/aromatic N) is 3. The van der Waals surface area contributed by atoms with Crippen LogP contribution >= 0.6 is 114 Å². The highest BCUT2D eigenvalue weighted by atomic mass is 79.9. The van der Waals surface area contributed by atoms with Gasteiger partial charge in [0.25, 0.3) is 0 Å². The van der Waals surface area contributed by atoms with Gasteiger partial charge in [0.1, 0.15) is 13.8 Å². The van der Waals surface area contributed by atoms with E-state index < -0.39 is 13.0 Å². The molecule has 3 rings (SSSR count). The van der Waals surface area contributed by atoms with Crippen molar-refractivity contribution in [3.63, 3.8) is 0 Å². The van der Waals surface area contributed by atoms with Gasteiger partial charge in [0, 0.05) is 6.92 Å². The molecule has 3 aromatic heterocycles. The molecule has 7 nitrogen and oxygen atoms in total. The highest BCUT2D eigenvalue weighted by Gasteiger charge is 2.14. The Labute approximate surface area is 259 Å². The summed E-state index contributed by atoms with van der Waals surface area (Å²) in [5.74, 6) is -0.135. The first kappa shape index (κ1) is 33.7. The fraction of sp³-hybridized carbons (Fsp3) is 0.167. The van der Waals surface area contributed by atoms with Crippen LogP contribution in [0.1, 0.15) is 6.92 Å². The minimum Gasteiger partial charge on any atom is -0.504 e. The number of ether oxygens (including phenoxy) is 2. The Kier molecular flexibility index (Phi) is 15.0. The zero-order chi connectivity index (χ0) is 27.7. The maximum Gasteiger partial charge on any atom is 0.387 e. The topological polar surface area (TPSA) is 103 Å². The van der Waals surface area contributed by atoms with E-state index in [4.69, 9.17) is 50.4 Å². The lowest BCUT2D eigenvalue weighted by atomic mass is 10.4. The normalized spacial score (nSPS) is 11.1. The number of nitrogen functional groups attached to an aromatic ring is 1. The van der Waals surface area contributed by atoms with Crippen molar-refractivity contribution >= 4 is 120 Å². The summed E-state index contributed by atoms with van der Waals surface area (Å²) >= 11 is 32.1. The second-order valence-corrected chi connectivity index (χ2v) is 11.0. The van der Waals surface area contributed by atoms with E-state index in [9.17, 15) is 13.2 Å². The van der Waals surface area contributed by atoms with Crippen molar-refractivity contribution in [2.45, 2.75) is 19.9 Å². The lowest BCUT2D eigenvalue weighted by Crippen LogP contribution is -2.07. The Bertz CT molecular complexity index is 1070. The summed E-state index contributed by atoms with van der Waals surface area (Å²) in [6.07, 6.45) is -1.47. The van der Waals surface area contributed by atoms with Gasteiger partial charge in [0.05, 0.1) is 14.6 Å². The van der Waals surface area contributed by atoms with Gasteiger partial charge in [-0.3, -0.25) is 0 Å². The van der Waals surface area contributed by atoms with Crippen LogP contribution in [0.4, 0.5) is 18.9 Å². The van der Waals surface area contributed by atoms with Crippen LogP contribution in [0.5, 0.6) is 17.2 Å². The molecule has 3 heterocycles. The molecule has 0 radical (unpaired) electrons. The number of halogens is 11. The molecule has 0 aliphatic heterocycles. The number of anilines is 1. The van der Waals surface area contributed by atoms with E-state index in [1.165, 1.54) is 19.1 Å². The van der Waals surface area contributed by atoms with Crippen molar-refractivity contribution < 1.29 is 27.8 Å². The van der Waals surface area contributed by atoms with Crippen LogP contribution < -0.4 is 15.2 Å². The van der Waals surface area contributed by atoms with Gasteiger partial charge in [-0.25, -0.2) is 19.3 Å². The second kappa shape index (κ2) is 16.0. The van der Waals surface area contributed by atoms with Crippen molar-refractivity contribution in [2.24, 2.45) is 0 Å². The molecular formula is C18H11Br5Cl3F3N4O3. The molecule has 0 fully saturated rings. The van der Waals surface area contributed by atoms with Crippen LogP contribution in [0.2, 0.25) is 15.5 Å². The maximum absolute atomic E-state index is 12.5. The molecule has 18 heteroatoms. The number of hydrogen-bond acceptors (Lipinski definition) is 7. The Hall–Kier alpha value is -0.290. The molecule has 1 atom stereocenters. The van der Waals surface area contributed by atoms with Gasteiger partial charge in [-0.1, -0.05) is 34.8 Å². The van der Waals surface area contributed by atoms with Crippen LogP contribution in [0.25, 0.3) is 0 Å². The van der Waals surface area contributed by atoms with Crippen molar-refractivity contribution in [2.75, 3.05) is 5.73 Å². The Morgan fingerprint density at radius 2 is 1.22 bits per heavy atom. The predicted molar refractivity (Wildman–Crippen MR) is 150 cm³/mol.